The van der Waals surface area contributed by atoms with E-state index in [-0.39, 0.29) is 12.4 Å². The Labute approximate surface area is 158 Å². The van der Waals surface area contributed by atoms with E-state index < -0.39 is 19.2 Å². The Morgan fingerprint density at radius 3 is 1.76 bits per heavy atom. The average molecular weight is 431 g/mol. The van der Waals surface area contributed by atoms with Gasteiger partial charge >= 0.3 is 146 Å². The van der Waals surface area contributed by atoms with Crippen molar-refractivity contribution in [1.82, 2.24) is 0 Å². The minimum Gasteiger partial charge on any atom is -0.147 e. The molecular weight excluding hydrogens is 407 g/mol. The summed E-state index contributed by atoms with van der Waals surface area (Å²) >= 11 is -3.40. The van der Waals surface area contributed by atoms with Gasteiger partial charge in [0.2, 0.25) is 0 Å². The summed E-state index contributed by atoms with van der Waals surface area (Å²) in [5, 5.41) is 0. The summed E-state index contributed by atoms with van der Waals surface area (Å²) in [6.07, 6.45) is 9.63. The van der Waals surface area contributed by atoms with Crippen LogP contribution in [0.25, 0.3) is 12.2 Å². The van der Waals surface area contributed by atoms with Gasteiger partial charge in [0.25, 0.3) is 0 Å². The van der Waals surface area contributed by atoms with Crippen LogP contribution in [0, 0.1) is 0 Å². The van der Waals surface area contributed by atoms with Crippen LogP contribution in [0.1, 0.15) is 36.4 Å². The molecular formula is C22H24ClOZr. The van der Waals surface area contributed by atoms with Gasteiger partial charge in [0.05, 0.1) is 0 Å². The van der Waals surface area contributed by atoms with Crippen molar-refractivity contribution in [2.75, 3.05) is 6.61 Å². The molecule has 2 unspecified atom stereocenters. The van der Waals surface area contributed by atoms with Gasteiger partial charge in [-0.2, -0.15) is 0 Å². The van der Waals surface area contributed by atoms with Crippen LogP contribution in [0.3, 0.4) is 0 Å². The Morgan fingerprint density at radius 1 is 0.840 bits per heavy atom. The van der Waals surface area contributed by atoms with E-state index in [0.29, 0.717) is 7.25 Å². The second-order valence-electron chi connectivity index (χ2n) is 7.62. The maximum absolute atomic E-state index is 6.92. The summed E-state index contributed by atoms with van der Waals surface area (Å²) in [5.41, 5.74) is 5.85. The molecule has 0 radical (unpaired) electrons. The van der Waals surface area contributed by atoms with E-state index >= 15 is 0 Å². The molecule has 1 aliphatic heterocycles. The van der Waals surface area contributed by atoms with Gasteiger partial charge in [0, 0.05) is 0 Å². The number of hydrogen-bond donors (Lipinski definition) is 0. The maximum Gasteiger partial charge on any atom is -0.147 e. The van der Waals surface area contributed by atoms with Crippen LogP contribution in [0.2, 0.25) is 8.26 Å². The van der Waals surface area contributed by atoms with Crippen molar-refractivity contribution < 1.29 is 22.0 Å². The molecule has 0 spiro atoms. The fourth-order valence-electron chi connectivity index (χ4n) is 5.41. The molecule has 2 atom stereocenters. The van der Waals surface area contributed by atoms with Crippen molar-refractivity contribution >= 4 is 24.6 Å². The topological polar surface area (TPSA) is 9.23 Å². The number of hydrogen-bond acceptors (Lipinski definition) is 1. The van der Waals surface area contributed by atoms with Gasteiger partial charge in [-0.1, -0.05) is 0 Å². The molecule has 1 heterocycles. The number of halogens is 1. The Balaban J connectivity index is 0.00000157. The van der Waals surface area contributed by atoms with Crippen LogP contribution in [-0.4, -0.2) is 6.61 Å². The first-order chi connectivity index (χ1) is 11.8. The van der Waals surface area contributed by atoms with E-state index in [4.69, 9.17) is 2.81 Å². The smallest absolute Gasteiger partial charge is 0.147 e. The van der Waals surface area contributed by atoms with Crippen LogP contribution in [0.15, 0.2) is 60.7 Å². The van der Waals surface area contributed by atoms with Crippen LogP contribution in [0.4, 0.5) is 0 Å². The second kappa shape index (κ2) is 6.05. The summed E-state index contributed by atoms with van der Waals surface area (Å²) in [4.78, 5) is 0. The molecule has 5 rings (SSSR count). The maximum atomic E-state index is 6.92. The van der Waals surface area contributed by atoms with Crippen LogP contribution in [0.5, 0.6) is 0 Å². The minimum atomic E-state index is -3.40. The third-order valence-corrected chi connectivity index (χ3v) is 24.1. The number of fused-ring (bicyclic) bond motifs is 2. The third-order valence-electron chi connectivity index (χ3n) is 6.64. The van der Waals surface area contributed by atoms with Gasteiger partial charge in [0.1, 0.15) is 0 Å². The monoisotopic (exact) mass is 429 g/mol. The molecule has 129 valence electrons. The summed E-state index contributed by atoms with van der Waals surface area (Å²) in [7, 11) is 0. The fraction of sp³-hybridized carbons (Fsp3) is 0.273. The Bertz CT molecular complexity index is 816. The first kappa shape index (κ1) is 17.5. The van der Waals surface area contributed by atoms with Crippen molar-refractivity contribution in [1.29, 1.82) is 0 Å². The molecule has 1 saturated heterocycles. The van der Waals surface area contributed by atoms with E-state index in [9.17, 15) is 0 Å². The number of allylic oxidation sites excluding steroid dienone is 2. The zero-order chi connectivity index (χ0) is 16.2. The molecule has 0 N–H and O–H groups in total. The van der Waals surface area contributed by atoms with E-state index in [1.54, 1.807) is 0 Å². The molecule has 0 bridgehead atoms. The molecule has 3 heteroatoms. The Morgan fingerprint density at radius 2 is 1.32 bits per heavy atom. The standard InChI is InChI=1S/2C9H7.C2H5O.C2H4.ClH.Zr/c2*1-2-5-9-7-3-6-8(9)4-1;1-2-3;1-2;;/h2*1-7H;2H2,1H3;1-2H2;1H;/q;;-1;;;+1. The Hall–Kier alpha value is -0.947. The van der Waals surface area contributed by atoms with Gasteiger partial charge in [-0.15, -0.1) is 12.4 Å². The van der Waals surface area contributed by atoms with Gasteiger partial charge in [0.15, 0.2) is 0 Å². The minimum absolute atomic E-state index is 0. The molecule has 25 heavy (non-hydrogen) atoms. The number of rotatable bonds is 4. The van der Waals surface area contributed by atoms with Crippen molar-refractivity contribution in [2.24, 2.45) is 0 Å². The Kier molecular flexibility index (Phi) is 4.23. The van der Waals surface area contributed by atoms with Crippen molar-refractivity contribution in [2.45, 2.75) is 22.4 Å². The predicted molar refractivity (Wildman–Crippen MR) is 105 cm³/mol. The fourth-order valence-corrected chi connectivity index (χ4v) is 27.2. The average Bonchev–Trinajstić information content (AvgIpc) is 3.01. The van der Waals surface area contributed by atoms with Crippen molar-refractivity contribution in [3.63, 3.8) is 0 Å². The molecule has 1 fully saturated rings. The third kappa shape index (κ3) is 2.27. The van der Waals surface area contributed by atoms with E-state index in [2.05, 4.69) is 79.8 Å². The molecule has 2 aromatic carbocycles. The molecule has 3 aliphatic rings. The normalized spacial score (nSPS) is 27.6. The molecule has 2 aromatic rings. The molecule has 0 aromatic heterocycles. The molecule has 0 saturated carbocycles. The molecule has 0 amide bonds. The summed E-state index contributed by atoms with van der Waals surface area (Å²) in [6.45, 7) is 3.04. The second-order valence-corrected chi connectivity index (χ2v) is 22.5. The quantitative estimate of drug-likeness (QED) is 0.542. The first-order valence-electron chi connectivity index (χ1n) is 9.13. The van der Waals surface area contributed by atoms with Crippen LogP contribution < -0.4 is 0 Å². The SMILES string of the molecule is CC[O][Zr]1([CH]2C=Cc3ccccc32)([CH]2C=Cc3ccccc32)[CH2][CH2]1.Cl. The van der Waals surface area contributed by atoms with Crippen molar-refractivity contribution in [3.8, 4) is 0 Å². The van der Waals surface area contributed by atoms with Crippen molar-refractivity contribution in [3.05, 3.63) is 82.9 Å². The van der Waals surface area contributed by atoms with Gasteiger partial charge < -0.3 is 0 Å². The van der Waals surface area contributed by atoms with Gasteiger partial charge in [-0.3, -0.25) is 0 Å². The zero-order valence-electron chi connectivity index (χ0n) is 14.5. The zero-order valence-corrected chi connectivity index (χ0v) is 17.8. The van der Waals surface area contributed by atoms with E-state index in [1.807, 2.05) is 0 Å². The van der Waals surface area contributed by atoms with Gasteiger partial charge in [-0.25, -0.2) is 0 Å². The summed E-state index contributed by atoms with van der Waals surface area (Å²) in [5.74, 6) is 0. The molecule has 2 aliphatic carbocycles. The largest absolute Gasteiger partial charge is 0.147 e. The summed E-state index contributed by atoms with van der Waals surface area (Å²) in [6, 6.07) is 17.9. The first-order valence-corrected chi connectivity index (χ1v) is 16.4. The van der Waals surface area contributed by atoms with E-state index in [0.717, 1.165) is 6.61 Å². The van der Waals surface area contributed by atoms with Gasteiger partial charge in [-0.05, 0) is 0 Å². The van der Waals surface area contributed by atoms with E-state index in [1.165, 1.54) is 30.5 Å². The summed E-state index contributed by atoms with van der Waals surface area (Å²) < 4.78 is 10.7. The van der Waals surface area contributed by atoms with Crippen LogP contribution in [-0.2, 0) is 22.0 Å². The van der Waals surface area contributed by atoms with Crippen LogP contribution >= 0.6 is 12.4 Å². The molecule has 1 nitrogen and oxygen atoms in total. The number of benzene rings is 2. The predicted octanol–water partition coefficient (Wildman–Crippen LogP) is 6.44.